The second-order valence-electron chi connectivity index (χ2n) is 4.88. The predicted octanol–water partition coefficient (Wildman–Crippen LogP) is 3.20. The van der Waals surface area contributed by atoms with E-state index in [1.807, 2.05) is 0 Å². The molecule has 4 nitrogen and oxygen atoms in total. The van der Waals surface area contributed by atoms with Gasteiger partial charge in [-0.3, -0.25) is 0 Å². The number of sulfonamides is 1. The molecule has 0 N–H and O–H groups in total. The first-order valence-electron chi connectivity index (χ1n) is 6.18. The third kappa shape index (κ3) is 3.40. The molecule has 1 aromatic heterocycles. The number of pyridine rings is 1. The Labute approximate surface area is 123 Å². The Balaban J connectivity index is 2.18. The minimum atomic E-state index is -3.54. The maximum Gasteiger partial charge on any atom is 0.244 e. The second-order valence-corrected chi connectivity index (χ2v) is 7.69. The van der Waals surface area contributed by atoms with Crippen LogP contribution in [0.2, 0.25) is 10.2 Å². The average Bonchev–Trinajstić information content (AvgIpc) is 2.85. The van der Waals surface area contributed by atoms with Gasteiger partial charge in [0.1, 0.15) is 10.0 Å². The molecule has 1 heterocycles. The molecule has 0 spiro atoms. The lowest BCUT2D eigenvalue weighted by Crippen LogP contribution is -2.31. The molecule has 1 saturated carbocycles. The highest BCUT2D eigenvalue weighted by Crippen LogP contribution is 2.28. The van der Waals surface area contributed by atoms with Gasteiger partial charge >= 0.3 is 0 Å². The molecule has 0 atom stereocenters. The molecule has 7 heteroatoms. The van der Waals surface area contributed by atoms with Crippen molar-refractivity contribution in [3.63, 3.8) is 0 Å². The summed E-state index contributed by atoms with van der Waals surface area (Å²) in [4.78, 5) is 3.87. The van der Waals surface area contributed by atoms with Crippen LogP contribution in [0.25, 0.3) is 0 Å². The van der Waals surface area contributed by atoms with Crippen molar-refractivity contribution in [3.8, 4) is 0 Å². The molecule has 1 aliphatic carbocycles. The van der Waals surface area contributed by atoms with Gasteiger partial charge < -0.3 is 0 Å². The molecule has 106 valence electrons. The number of nitrogens with zero attached hydrogens (tertiary/aromatic N) is 2. The number of aromatic nitrogens is 1. The summed E-state index contributed by atoms with van der Waals surface area (Å²) < 4.78 is 26.1. The van der Waals surface area contributed by atoms with Gasteiger partial charge in [0.2, 0.25) is 10.0 Å². The van der Waals surface area contributed by atoms with E-state index in [4.69, 9.17) is 23.2 Å². The summed E-state index contributed by atoms with van der Waals surface area (Å²) in [6, 6.07) is 1.34. The Morgan fingerprint density at radius 1 is 1.37 bits per heavy atom. The summed E-state index contributed by atoms with van der Waals surface area (Å²) in [5, 5.41) is 0.260. The van der Waals surface area contributed by atoms with Crippen LogP contribution >= 0.6 is 23.2 Å². The SMILES string of the molecule is CN(CC1CCCC1)S(=O)(=O)c1cnc(Cl)c(Cl)c1. The van der Waals surface area contributed by atoms with Gasteiger partial charge in [0, 0.05) is 19.8 Å². The van der Waals surface area contributed by atoms with Gasteiger partial charge in [0.05, 0.1) is 5.02 Å². The van der Waals surface area contributed by atoms with Crippen molar-refractivity contribution < 1.29 is 8.42 Å². The fourth-order valence-corrected chi connectivity index (χ4v) is 3.93. The summed E-state index contributed by atoms with van der Waals surface area (Å²) in [6.07, 6.45) is 5.81. The third-order valence-corrected chi connectivity index (χ3v) is 5.94. The van der Waals surface area contributed by atoms with E-state index in [2.05, 4.69) is 4.98 Å². The smallest absolute Gasteiger partial charge is 0.242 e. The van der Waals surface area contributed by atoms with E-state index in [0.29, 0.717) is 12.5 Å². The van der Waals surface area contributed by atoms with Gasteiger partial charge in [-0.05, 0) is 24.8 Å². The highest BCUT2D eigenvalue weighted by atomic mass is 35.5. The van der Waals surface area contributed by atoms with Crippen LogP contribution in [-0.4, -0.2) is 31.3 Å². The molecule has 1 aliphatic rings. The first-order chi connectivity index (χ1) is 8.91. The van der Waals surface area contributed by atoms with Gasteiger partial charge in [-0.15, -0.1) is 0 Å². The van der Waals surface area contributed by atoms with E-state index in [1.54, 1.807) is 7.05 Å². The first kappa shape index (κ1) is 15.0. The summed E-state index contributed by atoms with van der Waals surface area (Å²) in [7, 11) is -1.94. The van der Waals surface area contributed by atoms with Crippen LogP contribution in [0.1, 0.15) is 25.7 Å². The molecule has 0 radical (unpaired) electrons. The minimum absolute atomic E-state index is 0.0856. The van der Waals surface area contributed by atoms with Crippen LogP contribution < -0.4 is 0 Å². The molecule has 0 saturated heterocycles. The molecule has 0 amide bonds. The Kier molecular flexibility index (Phi) is 4.71. The molecule has 0 aliphatic heterocycles. The molecular weight excluding hydrogens is 307 g/mol. The van der Waals surface area contributed by atoms with Crippen molar-refractivity contribution in [2.75, 3.05) is 13.6 Å². The minimum Gasteiger partial charge on any atom is -0.242 e. The van der Waals surface area contributed by atoms with Gasteiger partial charge in [-0.2, -0.15) is 0 Å². The molecule has 1 aromatic rings. The van der Waals surface area contributed by atoms with Crippen molar-refractivity contribution in [3.05, 3.63) is 22.4 Å². The van der Waals surface area contributed by atoms with Crippen molar-refractivity contribution in [1.29, 1.82) is 0 Å². The number of rotatable bonds is 4. The van der Waals surface area contributed by atoms with Crippen LogP contribution in [0.15, 0.2) is 17.2 Å². The average molecular weight is 323 g/mol. The third-order valence-electron chi connectivity index (χ3n) is 3.47. The number of hydrogen-bond donors (Lipinski definition) is 0. The normalized spacial score (nSPS) is 17.3. The standard InChI is InChI=1S/C12H16Cl2N2O2S/c1-16(8-9-4-2-3-5-9)19(17,18)10-6-11(13)12(14)15-7-10/h6-7,9H,2-5,8H2,1H3. The quantitative estimate of drug-likeness (QED) is 0.800. The van der Waals surface area contributed by atoms with E-state index in [0.717, 1.165) is 12.8 Å². The zero-order chi connectivity index (χ0) is 14.0. The summed E-state index contributed by atoms with van der Waals surface area (Å²) >= 11 is 11.5. The fourth-order valence-electron chi connectivity index (χ4n) is 2.38. The number of hydrogen-bond acceptors (Lipinski definition) is 3. The zero-order valence-electron chi connectivity index (χ0n) is 10.6. The molecule has 0 aromatic carbocycles. The van der Waals surface area contributed by atoms with E-state index >= 15 is 0 Å². The maximum atomic E-state index is 12.4. The molecule has 1 fully saturated rings. The Morgan fingerprint density at radius 2 is 2.00 bits per heavy atom. The van der Waals surface area contributed by atoms with Crippen LogP contribution in [0.5, 0.6) is 0 Å². The van der Waals surface area contributed by atoms with Gasteiger partial charge in [0.15, 0.2) is 0 Å². The Hall–Kier alpha value is -0.360. The lowest BCUT2D eigenvalue weighted by molar-refractivity contribution is 0.387. The highest BCUT2D eigenvalue weighted by molar-refractivity contribution is 7.89. The Bertz CT molecular complexity index is 557. The molecule has 2 rings (SSSR count). The van der Waals surface area contributed by atoms with Crippen LogP contribution in [0.4, 0.5) is 0 Å². The lowest BCUT2D eigenvalue weighted by atomic mass is 10.1. The molecule has 19 heavy (non-hydrogen) atoms. The topological polar surface area (TPSA) is 50.3 Å². The molecule has 0 unspecified atom stereocenters. The van der Waals surface area contributed by atoms with Gasteiger partial charge in [0.25, 0.3) is 0 Å². The second kappa shape index (κ2) is 5.95. The van der Waals surface area contributed by atoms with E-state index < -0.39 is 10.0 Å². The van der Waals surface area contributed by atoms with Crippen molar-refractivity contribution in [2.24, 2.45) is 5.92 Å². The zero-order valence-corrected chi connectivity index (χ0v) is 13.0. The lowest BCUT2D eigenvalue weighted by Gasteiger charge is -2.20. The van der Waals surface area contributed by atoms with Crippen molar-refractivity contribution in [2.45, 2.75) is 30.6 Å². The predicted molar refractivity (Wildman–Crippen MR) is 76.0 cm³/mol. The number of halogens is 2. The van der Waals surface area contributed by atoms with Crippen molar-refractivity contribution >= 4 is 33.2 Å². The maximum absolute atomic E-state index is 12.4. The van der Waals surface area contributed by atoms with E-state index in [9.17, 15) is 8.42 Å². The van der Waals surface area contributed by atoms with Gasteiger partial charge in [-0.25, -0.2) is 17.7 Å². The van der Waals surface area contributed by atoms with Crippen LogP contribution in [-0.2, 0) is 10.0 Å². The fraction of sp³-hybridized carbons (Fsp3) is 0.583. The van der Waals surface area contributed by atoms with Crippen molar-refractivity contribution in [1.82, 2.24) is 9.29 Å². The van der Waals surface area contributed by atoms with Crippen LogP contribution in [0, 0.1) is 5.92 Å². The van der Waals surface area contributed by atoms with Gasteiger partial charge in [-0.1, -0.05) is 36.0 Å². The first-order valence-corrected chi connectivity index (χ1v) is 8.38. The monoisotopic (exact) mass is 322 g/mol. The molecule has 0 bridgehead atoms. The molecular formula is C12H16Cl2N2O2S. The highest BCUT2D eigenvalue weighted by Gasteiger charge is 2.26. The van der Waals surface area contributed by atoms with E-state index in [-0.39, 0.29) is 15.1 Å². The summed E-state index contributed by atoms with van der Waals surface area (Å²) in [6.45, 7) is 0.544. The largest absolute Gasteiger partial charge is 0.244 e. The van der Waals surface area contributed by atoms with Crippen LogP contribution in [0.3, 0.4) is 0 Å². The van der Waals surface area contributed by atoms with E-state index in [1.165, 1.54) is 29.4 Å². The summed E-state index contributed by atoms with van der Waals surface area (Å²) in [5.74, 6) is 0.454. The Morgan fingerprint density at radius 3 is 2.58 bits per heavy atom. The summed E-state index contributed by atoms with van der Waals surface area (Å²) in [5.41, 5.74) is 0.